The molecule has 0 radical (unpaired) electrons. The molecule has 0 spiro atoms. The Morgan fingerprint density at radius 3 is 2.62 bits per heavy atom. The van der Waals surface area contributed by atoms with Gasteiger partial charge >= 0.3 is 0 Å². The highest BCUT2D eigenvalue weighted by Gasteiger charge is 2.04. The van der Waals surface area contributed by atoms with Crippen molar-refractivity contribution in [2.24, 2.45) is 0 Å². The summed E-state index contributed by atoms with van der Waals surface area (Å²) in [6, 6.07) is 7.58. The number of hydrogen-bond donors (Lipinski definition) is 1. The second kappa shape index (κ2) is 7.27. The summed E-state index contributed by atoms with van der Waals surface area (Å²) in [5.74, 6) is 0.0126. The van der Waals surface area contributed by atoms with E-state index in [4.69, 9.17) is 0 Å². The lowest BCUT2D eigenvalue weighted by Crippen LogP contribution is -2.24. The van der Waals surface area contributed by atoms with Crippen LogP contribution in [0, 0.1) is 3.57 Å². The fourth-order valence-electron chi connectivity index (χ4n) is 1.29. The van der Waals surface area contributed by atoms with Gasteiger partial charge in [-0.3, -0.25) is 4.79 Å². The van der Waals surface area contributed by atoms with Crippen molar-refractivity contribution in [2.45, 2.75) is 24.6 Å². The predicted octanol–water partition coefficient (Wildman–Crippen LogP) is 3.58. The van der Waals surface area contributed by atoms with Crippen LogP contribution >= 0.6 is 38.5 Å². The van der Waals surface area contributed by atoms with Crippen LogP contribution in [-0.4, -0.2) is 17.3 Å². The van der Waals surface area contributed by atoms with Crippen molar-refractivity contribution in [3.63, 3.8) is 0 Å². The first-order valence-electron chi connectivity index (χ1n) is 5.27. The van der Waals surface area contributed by atoms with Gasteiger partial charge in [0, 0.05) is 20.5 Å². The fourth-order valence-corrected chi connectivity index (χ4v) is 1.97. The van der Waals surface area contributed by atoms with Gasteiger partial charge in [0.1, 0.15) is 0 Å². The van der Waals surface area contributed by atoms with Crippen molar-refractivity contribution in [2.75, 3.05) is 6.54 Å². The van der Waals surface area contributed by atoms with E-state index < -0.39 is 0 Å². The second-order valence-electron chi connectivity index (χ2n) is 3.69. The second-order valence-corrected chi connectivity index (χ2v) is 6.49. The lowest BCUT2D eigenvalue weighted by Gasteiger charge is -2.06. The zero-order valence-electron chi connectivity index (χ0n) is 9.17. The number of carbonyl (C=O) groups is 1. The molecule has 0 aliphatic heterocycles. The molecule has 1 unspecified atom stereocenters. The molecule has 1 aromatic carbocycles. The van der Waals surface area contributed by atoms with E-state index in [1.54, 1.807) is 0 Å². The van der Waals surface area contributed by atoms with Gasteiger partial charge in [-0.1, -0.05) is 22.9 Å². The Kier molecular flexibility index (Phi) is 6.34. The van der Waals surface area contributed by atoms with E-state index in [2.05, 4.69) is 50.8 Å². The Hall–Kier alpha value is -0.100. The number of alkyl halides is 1. The summed E-state index contributed by atoms with van der Waals surface area (Å²) in [5.41, 5.74) is 0.729. The first kappa shape index (κ1) is 14.0. The highest BCUT2D eigenvalue weighted by atomic mass is 127. The van der Waals surface area contributed by atoms with Crippen molar-refractivity contribution >= 4 is 44.4 Å². The molecule has 0 heterocycles. The fraction of sp³-hybridized carbons (Fsp3) is 0.417. The Balaban J connectivity index is 2.32. The van der Waals surface area contributed by atoms with E-state index in [-0.39, 0.29) is 5.91 Å². The van der Waals surface area contributed by atoms with Gasteiger partial charge in [-0.15, -0.1) is 0 Å². The van der Waals surface area contributed by atoms with Crippen LogP contribution in [0.2, 0.25) is 0 Å². The van der Waals surface area contributed by atoms with Gasteiger partial charge < -0.3 is 5.32 Å². The van der Waals surface area contributed by atoms with Gasteiger partial charge in [0.15, 0.2) is 0 Å². The number of carbonyl (C=O) groups excluding carboxylic acids is 1. The molecule has 0 saturated heterocycles. The van der Waals surface area contributed by atoms with Gasteiger partial charge in [-0.2, -0.15) is 0 Å². The Morgan fingerprint density at radius 1 is 1.44 bits per heavy atom. The number of hydrogen-bond acceptors (Lipinski definition) is 1. The number of benzene rings is 1. The standard InChI is InChI=1S/C12H15BrINO/c1-9(13)3-2-8-15-12(16)10-4-6-11(14)7-5-10/h4-7,9H,2-3,8H2,1H3,(H,15,16). The molecule has 2 nitrogen and oxygen atoms in total. The van der Waals surface area contributed by atoms with Crippen LogP contribution in [0.25, 0.3) is 0 Å². The van der Waals surface area contributed by atoms with E-state index in [0.717, 1.165) is 28.5 Å². The minimum Gasteiger partial charge on any atom is -0.352 e. The number of nitrogens with one attached hydrogen (secondary N) is 1. The van der Waals surface area contributed by atoms with E-state index in [0.29, 0.717) is 4.83 Å². The normalized spacial score (nSPS) is 12.2. The van der Waals surface area contributed by atoms with Crippen LogP contribution in [0.5, 0.6) is 0 Å². The molecule has 16 heavy (non-hydrogen) atoms. The predicted molar refractivity (Wildman–Crippen MR) is 79.1 cm³/mol. The average Bonchev–Trinajstić information content (AvgIpc) is 2.25. The summed E-state index contributed by atoms with van der Waals surface area (Å²) >= 11 is 5.71. The van der Waals surface area contributed by atoms with Crippen LogP contribution in [-0.2, 0) is 0 Å². The van der Waals surface area contributed by atoms with Crippen molar-refractivity contribution < 1.29 is 4.79 Å². The van der Waals surface area contributed by atoms with Crippen molar-refractivity contribution in [1.82, 2.24) is 5.32 Å². The first-order chi connectivity index (χ1) is 7.59. The maximum absolute atomic E-state index is 11.7. The highest BCUT2D eigenvalue weighted by molar-refractivity contribution is 14.1. The molecule has 0 fully saturated rings. The van der Waals surface area contributed by atoms with Gasteiger partial charge in [-0.05, 0) is 59.7 Å². The van der Waals surface area contributed by atoms with Crippen LogP contribution in [0.4, 0.5) is 0 Å². The molecule has 88 valence electrons. The Bertz CT molecular complexity index is 337. The topological polar surface area (TPSA) is 29.1 Å². The molecule has 0 bridgehead atoms. The average molecular weight is 396 g/mol. The SMILES string of the molecule is CC(Br)CCCNC(=O)c1ccc(I)cc1. The lowest BCUT2D eigenvalue weighted by atomic mass is 10.2. The van der Waals surface area contributed by atoms with E-state index in [1.165, 1.54) is 0 Å². The van der Waals surface area contributed by atoms with Crippen LogP contribution < -0.4 is 5.32 Å². The van der Waals surface area contributed by atoms with Crippen LogP contribution in [0.15, 0.2) is 24.3 Å². The Morgan fingerprint density at radius 2 is 2.06 bits per heavy atom. The highest BCUT2D eigenvalue weighted by Crippen LogP contribution is 2.07. The van der Waals surface area contributed by atoms with Crippen LogP contribution in [0.3, 0.4) is 0 Å². The van der Waals surface area contributed by atoms with E-state index >= 15 is 0 Å². The summed E-state index contributed by atoms with van der Waals surface area (Å²) in [7, 11) is 0. The molecule has 0 aliphatic rings. The third-order valence-corrected chi connectivity index (χ3v) is 3.35. The molecule has 0 aromatic heterocycles. The van der Waals surface area contributed by atoms with Gasteiger partial charge in [0.25, 0.3) is 5.91 Å². The van der Waals surface area contributed by atoms with Crippen LogP contribution in [0.1, 0.15) is 30.1 Å². The first-order valence-corrected chi connectivity index (χ1v) is 7.27. The molecular formula is C12H15BrINO. The molecular weight excluding hydrogens is 381 g/mol. The van der Waals surface area contributed by atoms with E-state index in [1.807, 2.05) is 24.3 Å². The van der Waals surface area contributed by atoms with Gasteiger partial charge in [-0.25, -0.2) is 0 Å². The molecule has 0 saturated carbocycles. The summed E-state index contributed by atoms with van der Waals surface area (Å²) in [6.07, 6.45) is 2.08. The zero-order chi connectivity index (χ0) is 12.0. The summed E-state index contributed by atoms with van der Waals surface area (Å²) < 4.78 is 1.14. The van der Waals surface area contributed by atoms with Gasteiger partial charge in [0.2, 0.25) is 0 Å². The molecule has 4 heteroatoms. The van der Waals surface area contributed by atoms with Crippen molar-refractivity contribution in [3.05, 3.63) is 33.4 Å². The maximum atomic E-state index is 11.7. The number of rotatable bonds is 5. The lowest BCUT2D eigenvalue weighted by molar-refractivity contribution is 0.0953. The zero-order valence-corrected chi connectivity index (χ0v) is 12.9. The summed E-state index contributed by atoms with van der Waals surface area (Å²) in [6.45, 7) is 2.85. The molecule has 1 atom stereocenters. The maximum Gasteiger partial charge on any atom is 0.251 e. The van der Waals surface area contributed by atoms with Gasteiger partial charge in [0.05, 0.1) is 0 Å². The molecule has 1 aromatic rings. The minimum atomic E-state index is 0.0126. The summed E-state index contributed by atoms with van der Waals surface area (Å²) in [5, 5.41) is 2.91. The smallest absolute Gasteiger partial charge is 0.251 e. The number of amides is 1. The Labute approximate surface area is 118 Å². The molecule has 1 amide bonds. The van der Waals surface area contributed by atoms with Crippen molar-refractivity contribution in [3.8, 4) is 0 Å². The third-order valence-electron chi connectivity index (χ3n) is 2.17. The largest absolute Gasteiger partial charge is 0.352 e. The van der Waals surface area contributed by atoms with Crippen molar-refractivity contribution in [1.29, 1.82) is 0 Å². The summed E-state index contributed by atoms with van der Waals surface area (Å²) in [4.78, 5) is 12.2. The number of halogens is 2. The quantitative estimate of drug-likeness (QED) is 0.460. The molecule has 1 N–H and O–H groups in total. The van der Waals surface area contributed by atoms with E-state index in [9.17, 15) is 4.79 Å². The monoisotopic (exact) mass is 395 g/mol. The molecule has 0 aliphatic carbocycles. The molecule has 1 rings (SSSR count). The third kappa shape index (κ3) is 5.30. The minimum absolute atomic E-state index is 0.0126.